The van der Waals surface area contributed by atoms with Gasteiger partial charge in [0.1, 0.15) is 0 Å². The maximum Gasteiger partial charge on any atom is 0.225 e. The van der Waals surface area contributed by atoms with Gasteiger partial charge in [0.15, 0.2) is 0 Å². The summed E-state index contributed by atoms with van der Waals surface area (Å²) in [4.78, 5) is 14.6. The molecule has 2 fully saturated rings. The van der Waals surface area contributed by atoms with Crippen LogP contribution in [0.4, 0.5) is 0 Å². The Bertz CT molecular complexity index is 492. The van der Waals surface area contributed by atoms with Crippen LogP contribution in [0.3, 0.4) is 0 Å². The molecule has 2 rings (SSSR count). The molecular weight excluding hydrogens is 316 g/mol. The molecule has 2 aliphatic rings. The van der Waals surface area contributed by atoms with E-state index in [1.807, 2.05) is 4.90 Å². The van der Waals surface area contributed by atoms with Crippen LogP contribution in [0.2, 0.25) is 0 Å². The number of likely N-dealkylation sites (tertiary alicyclic amines) is 1. The molecule has 0 aromatic heterocycles. The summed E-state index contributed by atoms with van der Waals surface area (Å²) in [5.74, 6) is 0.447. The number of carbonyl (C=O) groups is 1. The second-order valence-electron chi connectivity index (χ2n) is 7.06. The van der Waals surface area contributed by atoms with Crippen molar-refractivity contribution in [2.75, 3.05) is 33.1 Å². The van der Waals surface area contributed by atoms with Gasteiger partial charge in [-0.3, -0.25) is 4.79 Å². The molecule has 1 aliphatic heterocycles. The normalized spacial score (nSPS) is 23.0. The van der Waals surface area contributed by atoms with Gasteiger partial charge in [-0.1, -0.05) is 19.3 Å². The molecule has 1 aliphatic carbocycles. The van der Waals surface area contributed by atoms with Gasteiger partial charge in [0.05, 0.1) is 6.26 Å². The fourth-order valence-corrected chi connectivity index (χ4v) is 4.95. The predicted octanol–water partition coefficient (Wildman–Crippen LogP) is 1.51. The van der Waals surface area contributed by atoms with Crippen LogP contribution in [-0.4, -0.2) is 57.8 Å². The van der Waals surface area contributed by atoms with E-state index in [1.165, 1.54) is 12.7 Å². The number of methoxy groups -OCH3 is 1. The average Bonchev–Trinajstić information content (AvgIpc) is 2.52. The molecule has 0 spiro atoms. The zero-order valence-corrected chi connectivity index (χ0v) is 15.2. The number of amides is 1. The molecule has 0 bridgehead atoms. The molecule has 0 aromatic carbocycles. The highest BCUT2D eigenvalue weighted by Crippen LogP contribution is 2.30. The first-order chi connectivity index (χ1) is 10.9. The number of ether oxygens (including phenoxy) is 1. The van der Waals surface area contributed by atoms with Crippen LogP contribution in [0.15, 0.2) is 0 Å². The van der Waals surface area contributed by atoms with Crippen LogP contribution in [0.1, 0.15) is 51.4 Å². The summed E-state index contributed by atoms with van der Waals surface area (Å²) in [6.45, 7) is 1.77. The Morgan fingerprint density at radius 2 is 1.83 bits per heavy atom. The van der Waals surface area contributed by atoms with Gasteiger partial charge in [-0.2, -0.15) is 0 Å². The standard InChI is InChI=1S/C16H30N2O4S/c1-22-13-10-16(17-23(2,20)21)8-11-18(12-9-16)15(19)14-6-4-3-5-7-14/h14,17H,3-13H2,1-2H3. The minimum atomic E-state index is -3.28. The van der Waals surface area contributed by atoms with E-state index in [9.17, 15) is 13.2 Å². The Kier molecular flexibility index (Phi) is 6.45. The average molecular weight is 346 g/mol. The summed E-state index contributed by atoms with van der Waals surface area (Å²) in [7, 11) is -1.66. The first-order valence-corrected chi connectivity index (χ1v) is 10.5. The van der Waals surface area contributed by atoms with Crippen molar-refractivity contribution in [1.82, 2.24) is 9.62 Å². The lowest BCUT2D eigenvalue weighted by Gasteiger charge is -2.43. The van der Waals surface area contributed by atoms with Crippen molar-refractivity contribution in [3.05, 3.63) is 0 Å². The highest BCUT2D eigenvalue weighted by Gasteiger charge is 2.39. The number of carbonyl (C=O) groups excluding carboxylic acids is 1. The minimum Gasteiger partial charge on any atom is -0.385 e. The maximum atomic E-state index is 12.6. The summed E-state index contributed by atoms with van der Waals surface area (Å²) in [6.07, 6.45) is 8.70. The first-order valence-electron chi connectivity index (χ1n) is 8.62. The molecule has 1 saturated carbocycles. The number of piperidine rings is 1. The Morgan fingerprint density at radius 1 is 1.22 bits per heavy atom. The largest absolute Gasteiger partial charge is 0.385 e. The van der Waals surface area contributed by atoms with E-state index >= 15 is 0 Å². The Hall–Kier alpha value is -0.660. The van der Waals surface area contributed by atoms with Crippen molar-refractivity contribution >= 4 is 15.9 Å². The molecule has 0 unspecified atom stereocenters. The SMILES string of the molecule is COCCC1(NS(C)(=O)=O)CCN(C(=O)C2CCCCC2)CC1. The zero-order chi connectivity index (χ0) is 16.9. The number of hydrogen-bond donors (Lipinski definition) is 1. The van der Waals surface area contributed by atoms with Gasteiger partial charge < -0.3 is 9.64 Å². The van der Waals surface area contributed by atoms with Gasteiger partial charge in [-0.25, -0.2) is 13.1 Å². The molecule has 23 heavy (non-hydrogen) atoms. The van der Waals surface area contributed by atoms with Crippen LogP contribution >= 0.6 is 0 Å². The van der Waals surface area contributed by atoms with E-state index in [4.69, 9.17) is 4.74 Å². The van der Waals surface area contributed by atoms with E-state index in [2.05, 4.69) is 4.72 Å². The van der Waals surface area contributed by atoms with Crippen molar-refractivity contribution in [2.24, 2.45) is 5.92 Å². The zero-order valence-electron chi connectivity index (χ0n) is 14.3. The molecule has 134 valence electrons. The van der Waals surface area contributed by atoms with Gasteiger partial charge >= 0.3 is 0 Å². The van der Waals surface area contributed by atoms with E-state index in [0.717, 1.165) is 25.7 Å². The minimum absolute atomic E-state index is 0.179. The van der Waals surface area contributed by atoms with Crippen molar-refractivity contribution in [3.8, 4) is 0 Å². The number of rotatable bonds is 6. The molecule has 1 saturated heterocycles. The second-order valence-corrected chi connectivity index (χ2v) is 8.81. The van der Waals surface area contributed by atoms with Gasteiger partial charge in [0, 0.05) is 38.3 Å². The molecule has 1 N–H and O–H groups in total. The Labute approximate surface area is 140 Å². The molecule has 0 atom stereocenters. The number of hydrogen-bond acceptors (Lipinski definition) is 4. The van der Waals surface area contributed by atoms with Gasteiger partial charge in [-0.05, 0) is 32.1 Å². The highest BCUT2D eigenvalue weighted by molar-refractivity contribution is 7.88. The number of sulfonamides is 1. The van der Waals surface area contributed by atoms with Crippen molar-refractivity contribution in [1.29, 1.82) is 0 Å². The van der Waals surface area contributed by atoms with Crippen LogP contribution < -0.4 is 4.72 Å². The van der Waals surface area contributed by atoms with Crippen LogP contribution in [0, 0.1) is 5.92 Å². The lowest BCUT2D eigenvalue weighted by Crippen LogP contribution is -2.57. The predicted molar refractivity (Wildman–Crippen MR) is 89.6 cm³/mol. The fraction of sp³-hybridized carbons (Fsp3) is 0.938. The third kappa shape index (κ3) is 5.43. The van der Waals surface area contributed by atoms with E-state index in [1.54, 1.807) is 7.11 Å². The lowest BCUT2D eigenvalue weighted by molar-refractivity contribution is -0.138. The van der Waals surface area contributed by atoms with Crippen LogP contribution in [0.5, 0.6) is 0 Å². The summed E-state index contributed by atoms with van der Waals surface area (Å²) >= 11 is 0. The Morgan fingerprint density at radius 3 is 2.35 bits per heavy atom. The monoisotopic (exact) mass is 346 g/mol. The topological polar surface area (TPSA) is 75.7 Å². The van der Waals surface area contributed by atoms with E-state index in [0.29, 0.717) is 39.0 Å². The van der Waals surface area contributed by atoms with Crippen LogP contribution in [-0.2, 0) is 19.6 Å². The quantitative estimate of drug-likeness (QED) is 0.791. The van der Waals surface area contributed by atoms with Crippen LogP contribution in [0.25, 0.3) is 0 Å². The number of nitrogens with zero attached hydrogens (tertiary/aromatic N) is 1. The van der Waals surface area contributed by atoms with Gasteiger partial charge in [0.25, 0.3) is 0 Å². The van der Waals surface area contributed by atoms with E-state index in [-0.39, 0.29) is 11.8 Å². The second kappa shape index (κ2) is 7.94. The highest BCUT2D eigenvalue weighted by atomic mass is 32.2. The molecular formula is C16H30N2O4S. The fourth-order valence-electron chi connectivity index (χ4n) is 3.86. The van der Waals surface area contributed by atoms with Crippen molar-refractivity contribution in [3.63, 3.8) is 0 Å². The maximum absolute atomic E-state index is 12.6. The summed E-state index contributed by atoms with van der Waals surface area (Å²) in [6, 6.07) is 0. The van der Waals surface area contributed by atoms with Crippen molar-refractivity contribution < 1.29 is 17.9 Å². The summed E-state index contributed by atoms with van der Waals surface area (Å²) in [5, 5.41) is 0. The molecule has 0 radical (unpaired) electrons. The van der Waals surface area contributed by atoms with Crippen molar-refractivity contribution in [2.45, 2.75) is 56.9 Å². The Balaban J connectivity index is 1.96. The molecule has 1 amide bonds. The van der Waals surface area contributed by atoms with Gasteiger partial charge in [-0.15, -0.1) is 0 Å². The molecule has 1 heterocycles. The van der Waals surface area contributed by atoms with E-state index < -0.39 is 15.6 Å². The third-order valence-electron chi connectivity index (χ3n) is 5.17. The lowest BCUT2D eigenvalue weighted by atomic mass is 9.83. The molecule has 7 heteroatoms. The van der Waals surface area contributed by atoms with Gasteiger partial charge in [0.2, 0.25) is 15.9 Å². The third-order valence-corrected chi connectivity index (χ3v) is 5.98. The molecule has 0 aromatic rings. The summed E-state index contributed by atoms with van der Waals surface area (Å²) in [5.41, 5.74) is -0.479. The molecule has 6 nitrogen and oxygen atoms in total. The number of nitrogens with one attached hydrogen (secondary N) is 1. The first kappa shape index (κ1) is 18.7. The summed E-state index contributed by atoms with van der Waals surface area (Å²) < 4.78 is 31.3. The smallest absolute Gasteiger partial charge is 0.225 e.